The van der Waals surface area contributed by atoms with Crippen molar-refractivity contribution in [2.75, 3.05) is 6.54 Å². The molecule has 1 N–H and O–H groups in total. The third-order valence-corrected chi connectivity index (χ3v) is 3.34. The fraction of sp³-hybridized carbons (Fsp3) is 0.368. The first-order valence-corrected chi connectivity index (χ1v) is 7.31. The third-order valence-electron chi connectivity index (χ3n) is 3.34. The summed E-state index contributed by atoms with van der Waals surface area (Å²) in [5.41, 5.74) is 4.24. The molecule has 1 nitrogen and oxygen atoms in total. The van der Waals surface area contributed by atoms with Crippen LogP contribution in [0.3, 0.4) is 0 Å². The Balaban J connectivity index is 2.29. The normalized spacial score (nSPS) is 13.2. The van der Waals surface area contributed by atoms with Crippen molar-refractivity contribution in [3.05, 3.63) is 71.3 Å². The molecule has 0 heterocycles. The summed E-state index contributed by atoms with van der Waals surface area (Å²) in [4.78, 5) is 0. The lowest BCUT2D eigenvalue weighted by atomic mass is 9.93. The maximum absolute atomic E-state index is 3.72. The summed E-state index contributed by atoms with van der Waals surface area (Å²) in [5, 5.41) is 3.72. The highest BCUT2D eigenvalue weighted by Crippen LogP contribution is 2.24. The topological polar surface area (TPSA) is 12.0 Å². The highest BCUT2D eigenvalue weighted by molar-refractivity contribution is 5.33. The van der Waals surface area contributed by atoms with Crippen LogP contribution in [0.2, 0.25) is 0 Å². The Morgan fingerprint density at radius 2 is 1.55 bits per heavy atom. The summed E-state index contributed by atoms with van der Waals surface area (Å²) in [6.45, 7) is 9.92. The van der Waals surface area contributed by atoms with E-state index in [1.807, 2.05) is 0 Å². The van der Waals surface area contributed by atoms with Crippen molar-refractivity contribution in [1.82, 2.24) is 5.32 Å². The number of rotatable bonds is 4. The molecule has 106 valence electrons. The van der Waals surface area contributed by atoms with Crippen LogP contribution in [-0.4, -0.2) is 6.54 Å². The molecular formula is C19H25N. The molecule has 2 aromatic carbocycles. The minimum absolute atomic E-state index is 0.260. The molecule has 0 aliphatic carbocycles. The van der Waals surface area contributed by atoms with Crippen LogP contribution in [0.1, 0.15) is 43.5 Å². The van der Waals surface area contributed by atoms with Gasteiger partial charge >= 0.3 is 0 Å². The first-order valence-electron chi connectivity index (χ1n) is 7.31. The summed E-state index contributed by atoms with van der Waals surface area (Å²) in [6.07, 6.45) is 0. The molecular weight excluding hydrogens is 242 g/mol. The van der Waals surface area contributed by atoms with Crippen LogP contribution in [0, 0.1) is 12.3 Å². The predicted octanol–water partition coefficient (Wildman–Crippen LogP) is 4.72. The minimum atomic E-state index is 0.260. The van der Waals surface area contributed by atoms with Crippen molar-refractivity contribution in [2.45, 2.75) is 33.7 Å². The second-order valence-electron chi connectivity index (χ2n) is 6.70. The molecule has 0 bridgehead atoms. The van der Waals surface area contributed by atoms with Crippen LogP contribution in [0.5, 0.6) is 0 Å². The van der Waals surface area contributed by atoms with E-state index in [1.54, 1.807) is 0 Å². The molecule has 1 unspecified atom stereocenters. The third kappa shape index (κ3) is 4.21. The molecule has 2 aromatic rings. The van der Waals surface area contributed by atoms with Crippen LogP contribution in [0.4, 0.5) is 0 Å². The maximum atomic E-state index is 3.72. The summed E-state index contributed by atoms with van der Waals surface area (Å²) < 4.78 is 0. The number of aryl methyl sites for hydroxylation is 1. The lowest BCUT2D eigenvalue weighted by molar-refractivity contribution is 0.365. The van der Waals surface area contributed by atoms with E-state index in [0.29, 0.717) is 0 Å². The molecule has 2 rings (SSSR count). The predicted molar refractivity (Wildman–Crippen MR) is 86.9 cm³/mol. The Morgan fingerprint density at radius 1 is 0.900 bits per heavy atom. The fourth-order valence-corrected chi connectivity index (χ4v) is 2.33. The van der Waals surface area contributed by atoms with Crippen molar-refractivity contribution >= 4 is 0 Å². The molecule has 0 saturated carbocycles. The van der Waals surface area contributed by atoms with Crippen molar-refractivity contribution in [1.29, 1.82) is 0 Å². The average Bonchev–Trinajstić information content (AvgIpc) is 2.39. The van der Waals surface area contributed by atoms with Gasteiger partial charge in [0.1, 0.15) is 0 Å². The molecule has 1 atom stereocenters. The molecule has 0 aliphatic rings. The monoisotopic (exact) mass is 267 g/mol. The van der Waals surface area contributed by atoms with Crippen molar-refractivity contribution in [2.24, 2.45) is 5.41 Å². The Morgan fingerprint density at radius 3 is 2.15 bits per heavy atom. The fourth-order valence-electron chi connectivity index (χ4n) is 2.33. The number of hydrogen-bond acceptors (Lipinski definition) is 1. The molecule has 0 radical (unpaired) electrons. The van der Waals surface area contributed by atoms with Gasteiger partial charge in [-0.2, -0.15) is 0 Å². The quantitative estimate of drug-likeness (QED) is 0.845. The van der Waals surface area contributed by atoms with E-state index in [9.17, 15) is 0 Å². The van der Waals surface area contributed by atoms with Crippen LogP contribution in [0.25, 0.3) is 0 Å². The van der Waals surface area contributed by atoms with E-state index >= 15 is 0 Å². The SMILES string of the molecule is Cc1cccc(C(NCC(C)(C)C)c2ccccc2)c1. The van der Waals surface area contributed by atoms with Crippen LogP contribution in [0.15, 0.2) is 54.6 Å². The van der Waals surface area contributed by atoms with Gasteiger partial charge < -0.3 is 5.32 Å². The highest BCUT2D eigenvalue weighted by Gasteiger charge is 2.17. The van der Waals surface area contributed by atoms with Gasteiger partial charge in [-0.3, -0.25) is 0 Å². The minimum Gasteiger partial charge on any atom is -0.306 e. The Bertz CT molecular complexity index is 537. The van der Waals surface area contributed by atoms with E-state index in [2.05, 4.69) is 87.6 Å². The second kappa shape index (κ2) is 6.23. The van der Waals surface area contributed by atoms with E-state index in [-0.39, 0.29) is 11.5 Å². The number of nitrogens with one attached hydrogen (secondary N) is 1. The van der Waals surface area contributed by atoms with Gasteiger partial charge in [0, 0.05) is 6.54 Å². The second-order valence-corrected chi connectivity index (χ2v) is 6.70. The molecule has 20 heavy (non-hydrogen) atoms. The number of hydrogen-bond donors (Lipinski definition) is 1. The standard InChI is InChI=1S/C19H25N/c1-15-9-8-12-17(13-15)18(20-14-19(2,3)4)16-10-6-5-7-11-16/h5-13,18,20H,14H2,1-4H3. The van der Waals surface area contributed by atoms with Gasteiger partial charge in [0.15, 0.2) is 0 Å². The molecule has 0 spiro atoms. The van der Waals surface area contributed by atoms with Crippen molar-refractivity contribution in [3.8, 4) is 0 Å². The summed E-state index contributed by atoms with van der Waals surface area (Å²) in [5.74, 6) is 0. The van der Waals surface area contributed by atoms with Gasteiger partial charge in [0.05, 0.1) is 6.04 Å². The molecule has 1 heteroatoms. The number of benzene rings is 2. The van der Waals surface area contributed by atoms with Crippen molar-refractivity contribution < 1.29 is 0 Å². The van der Waals surface area contributed by atoms with E-state index in [0.717, 1.165) is 6.54 Å². The molecule has 0 aliphatic heterocycles. The Hall–Kier alpha value is -1.60. The van der Waals surface area contributed by atoms with Gasteiger partial charge in [0.2, 0.25) is 0 Å². The highest BCUT2D eigenvalue weighted by atomic mass is 14.9. The van der Waals surface area contributed by atoms with Gasteiger partial charge in [-0.1, -0.05) is 80.9 Å². The summed E-state index contributed by atoms with van der Waals surface area (Å²) >= 11 is 0. The summed E-state index contributed by atoms with van der Waals surface area (Å²) in [7, 11) is 0. The lowest BCUT2D eigenvalue weighted by Crippen LogP contribution is -2.31. The van der Waals surface area contributed by atoms with E-state index in [4.69, 9.17) is 0 Å². The van der Waals surface area contributed by atoms with Gasteiger partial charge in [0.25, 0.3) is 0 Å². The average molecular weight is 267 g/mol. The largest absolute Gasteiger partial charge is 0.306 e. The van der Waals surface area contributed by atoms with Crippen LogP contribution < -0.4 is 5.32 Å². The first-order chi connectivity index (χ1) is 9.46. The molecule has 0 fully saturated rings. The van der Waals surface area contributed by atoms with Crippen LogP contribution in [-0.2, 0) is 0 Å². The van der Waals surface area contributed by atoms with Gasteiger partial charge in [-0.15, -0.1) is 0 Å². The maximum Gasteiger partial charge on any atom is 0.0577 e. The van der Waals surface area contributed by atoms with Gasteiger partial charge in [-0.25, -0.2) is 0 Å². The molecule has 0 saturated heterocycles. The zero-order valence-electron chi connectivity index (χ0n) is 13.0. The van der Waals surface area contributed by atoms with Gasteiger partial charge in [-0.05, 0) is 23.5 Å². The molecule has 0 amide bonds. The zero-order valence-corrected chi connectivity index (χ0v) is 13.0. The van der Waals surface area contributed by atoms with E-state index in [1.165, 1.54) is 16.7 Å². The Kier molecular flexibility index (Phi) is 4.61. The van der Waals surface area contributed by atoms with Crippen LogP contribution >= 0.6 is 0 Å². The Labute approximate surface area is 123 Å². The smallest absolute Gasteiger partial charge is 0.0577 e. The summed E-state index contributed by atoms with van der Waals surface area (Å²) in [6, 6.07) is 19.7. The van der Waals surface area contributed by atoms with E-state index < -0.39 is 0 Å². The first kappa shape index (κ1) is 14.8. The molecule has 0 aromatic heterocycles. The zero-order chi connectivity index (χ0) is 14.6. The van der Waals surface area contributed by atoms with Crippen molar-refractivity contribution in [3.63, 3.8) is 0 Å². The lowest BCUT2D eigenvalue weighted by Gasteiger charge is -2.26.